The van der Waals surface area contributed by atoms with Gasteiger partial charge in [0, 0.05) is 0 Å². The number of rotatable bonds is 13. The molecule has 0 bridgehead atoms. The third-order valence-electron chi connectivity index (χ3n) is 10.1. The number of hydrogen-bond donors (Lipinski definition) is 1. The zero-order valence-corrected chi connectivity index (χ0v) is 28.3. The summed E-state index contributed by atoms with van der Waals surface area (Å²) in [4.78, 5) is 0. The Balaban J connectivity index is 1.95. The summed E-state index contributed by atoms with van der Waals surface area (Å²) in [5, 5.41) is -0.390. The van der Waals surface area contributed by atoms with Crippen LogP contribution in [-0.2, 0) is 13.6 Å². The van der Waals surface area contributed by atoms with Gasteiger partial charge >= 0.3 is 242 Å². The molecule has 0 spiro atoms. The van der Waals surface area contributed by atoms with Crippen LogP contribution in [0.4, 0.5) is 0 Å². The molecule has 1 heterocycles. The Bertz CT molecular complexity index is 993. The fourth-order valence-corrected chi connectivity index (χ4v) is 14.3. The van der Waals surface area contributed by atoms with Gasteiger partial charge in [0.2, 0.25) is 0 Å². The van der Waals surface area contributed by atoms with Crippen molar-refractivity contribution in [2.24, 2.45) is 9.49 Å². The van der Waals surface area contributed by atoms with Gasteiger partial charge in [0.25, 0.3) is 0 Å². The van der Waals surface area contributed by atoms with Crippen molar-refractivity contribution in [3.63, 3.8) is 0 Å². The molecule has 0 aromatic carbocycles. The van der Waals surface area contributed by atoms with Gasteiger partial charge in [-0.3, -0.25) is 0 Å². The summed E-state index contributed by atoms with van der Waals surface area (Å²) in [6, 6.07) is 0.234. The van der Waals surface area contributed by atoms with Crippen molar-refractivity contribution in [2.45, 2.75) is 164 Å². The molecule has 4 rings (SSSR count). The summed E-state index contributed by atoms with van der Waals surface area (Å²) in [5.74, 6) is 4.09. The Morgan fingerprint density at radius 3 is 2.21 bits per heavy atom. The first-order valence-corrected chi connectivity index (χ1v) is 20.1. The SMILES string of the molecule is BC1CC1OP(S)(=NC(CC)(CC)C1(C)C/C=B\C2CC2OP1(=NC(CC)CC)OC1CC1B)C(C)CC. The van der Waals surface area contributed by atoms with Crippen LogP contribution in [0.3, 0.4) is 0 Å². The van der Waals surface area contributed by atoms with E-state index in [0.29, 0.717) is 23.1 Å². The van der Waals surface area contributed by atoms with Gasteiger partial charge in [0.15, 0.2) is 0 Å². The topological polar surface area (TPSA) is 52.4 Å². The van der Waals surface area contributed by atoms with E-state index in [9.17, 15) is 0 Å². The number of hydrogen-bond acceptors (Lipinski definition) is 5. The van der Waals surface area contributed by atoms with Gasteiger partial charge in [-0.05, 0) is 0 Å². The molecular formula is C27H53B3N2O3P2S. The second-order valence-corrected chi connectivity index (χ2v) is 19.8. The summed E-state index contributed by atoms with van der Waals surface area (Å²) in [6.45, 7) is 16.1. The fourth-order valence-electron chi connectivity index (χ4n) is 6.10. The van der Waals surface area contributed by atoms with Crippen LogP contribution in [0.2, 0.25) is 17.5 Å². The van der Waals surface area contributed by atoms with Crippen LogP contribution in [0.1, 0.15) is 106 Å². The van der Waals surface area contributed by atoms with Crippen LogP contribution in [0, 0.1) is 0 Å². The molecular weight excluding hydrogens is 527 g/mol. The molecule has 10 unspecified atom stereocenters. The van der Waals surface area contributed by atoms with Gasteiger partial charge in [0.05, 0.1) is 0 Å². The number of nitrogens with zero attached hydrogens (tertiary/aromatic N) is 2. The maximum atomic E-state index is 7.28. The Morgan fingerprint density at radius 2 is 1.71 bits per heavy atom. The molecule has 0 radical (unpaired) electrons. The molecule has 11 heteroatoms. The molecule has 3 saturated carbocycles. The van der Waals surface area contributed by atoms with Gasteiger partial charge in [0.1, 0.15) is 0 Å². The maximum absolute atomic E-state index is 7.28. The van der Waals surface area contributed by atoms with Crippen molar-refractivity contribution in [3.05, 3.63) is 0 Å². The summed E-state index contributed by atoms with van der Waals surface area (Å²) in [5.41, 5.74) is -0.108. The third kappa shape index (κ3) is 6.10. The van der Waals surface area contributed by atoms with Gasteiger partial charge in [-0.15, -0.1) is 0 Å². The molecule has 214 valence electrons. The molecule has 5 nitrogen and oxygen atoms in total. The second-order valence-electron chi connectivity index (χ2n) is 13.0. The van der Waals surface area contributed by atoms with Crippen molar-refractivity contribution in [2.75, 3.05) is 0 Å². The summed E-state index contributed by atoms with van der Waals surface area (Å²) in [6.07, 6.45) is 9.74. The normalized spacial score (nSPS) is 40.9. The molecule has 3 aliphatic carbocycles. The predicted molar refractivity (Wildman–Crippen MR) is 177 cm³/mol. The Kier molecular flexibility index (Phi) is 10.1. The summed E-state index contributed by atoms with van der Waals surface area (Å²) in [7, 11) is 1.86. The summed E-state index contributed by atoms with van der Waals surface area (Å²) < 4.78 is 33.1. The van der Waals surface area contributed by atoms with Crippen LogP contribution < -0.4 is 0 Å². The second kappa shape index (κ2) is 12.2. The first kappa shape index (κ1) is 31.7. The molecule has 0 aromatic heterocycles. The van der Waals surface area contributed by atoms with E-state index in [1.807, 2.05) is 0 Å². The molecule has 0 N–H and O–H groups in total. The molecule has 0 saturated heterocycles. The van der Waals surface area contributed by atoms with Gasteiger partial charge in [-0.25, -0.2) is 0 Å². The minimum absolute atomic E-state index is 0.214. The zero-order valence-electron chi connectivity index (χ0n) is 25.6. The molecule has 1 aliphatic heterocycles. The summed E-state index contributed by atoms with van der Waals surface area (Å²) >= 11 is 5.41. The van der Waals surface area contributed by atoms with Crippen molar-refractivity contribution in [3.8, 4) is 0 Å². The van der Waals surface area contributed by atoms with E-state index in [1.54, 1.807) is 0 Å². The quantitative estimate of drug-likeness (QED) is 0.143. The molecule has 38 heavy (non-hydrogen) atoms. The van der Waals surface area contributed by atoms with E-state index >= 15 is 0 Å². The number of fused-ring (bicyclic) bond motifs is 1. The van der Waals surface area contributed by atoms with Crippen LogP contribution in [0.15, 0.2) is 9.49 Å². The average Bonchev–Trinajstić information content (AvgIpc) is 3.85. The standard InChI is InChI=1S/C27H53B3N2O3P2S/c1-8-18(6)36(38,33-23-15-20(23)28)32-27(11-4,12-5)26(7)13-14-30-22-17-25(22)35-37(26,31-19(9-2)10-3)34-24-16-21(24)29/h14,18-25,38H,8-13,15-17,28-29H2,1-7H3. The molecule has 0 aromatic rings. The number of thiol groups is 1. The Labute approximate surface area is 241 Å². The molecule has 4 aliphatic rings. The Morgan fingerprint density at radius 1 is 1.11 bits per heavy atom. The van der Waals surface area contributed by atoms with E-state index in [-0.39, 0.29) is 24.4 Å². The van der Waals surface area contributed by atoms with E-state index in [1.165, 1.54) is 0 Å². The predicted octanol–water partition coefficient (Wildman–Crippen LogP) is 7.19. The van der Waals surface area contributed by atoms with Crippen molar-refractivity contribution in [1.82, 2.24) is 0 Å². The van der Waals surface area contributed by atoms with Crippen molar-refractivity contribution in [1.29, 1.82) is 0 Å². The van der Waals surface area contributed by atoms with Gasteiger partial charge < -0.3 is 0 Å². The van der Waals surface area contributed by atoms with E-state index in [4.69, 9.17) is 35.3 Å². The Hall–Kier alpha value is 0.755. The minimum atomic E-state index is -2.72. The van der Waals surface area contributed by atoms with E-state index in [2.05, 4.69) is 77.0 Å². The third-order valence-corrected chi connectivity index (χ3v) is 18.2. The van der Waals surface area contributed by atoms with Gasteiger partial charge in [-0.1, -0.05) is 0 Å². The first-order valence-electron chi connectivity index (χ1n) is 15.6. The van der Waals surface area contributed by atoms with E-state index < -0.39 is 24.7 Å². The molecule has 10 atom stereocenters. The van der Waals surface area contributed by atoms with Crippen molar-refractivity contribution >= 4 is 54.8 Å². The van der Waals surface area contributed by atoms with Crippen LogP contribution in [0.25, 0.3) is 0 Å². The van der Waals surface area contributed by atoms with Crippen LogP contribution in [-0.4, -0.2) is 69.3 Å². The average molecular weight is 580 g/mol. The van der Waals surface area contributed by atoms with Crippen LogP contribution >= 0.6 is 26.2 Å². The monoisotopic (exact) mass is 580 g/mol. The van der Waals surface area contributed by atoms with Crippen LogP contribution in [0.5, 0.6) is 0 Å². The van der Waals surface area contributed by atoms with E-state index in [0.717, 1.165) is 57.8 Å². The van der Waals surface area contributed by atoms with Gasteiger partial charge in [-0.2, -0.15) is 0 Å². The first-order chi connectivity index (χ1) is 18.0. The fraction of sp³-hybridized carbons (Fsp3) is 0.963. The van der Waals surface area contributed by atoms with Crippen molar-refractivity contribution < 1.29 is 13.6 Å². The molecule has 3 fully saturated rings. The molecule has 0 amide bonds. The zero-order chi connectivity index (χ0) is 27.9.